The highest BCUT2D eigenvalue weighted by atomic mass is 35.5. The van der Waals surface area contributed by atoms with Crippen molar-refractivity contribution in [2.45, 2.75) is 18.3 Å². The molecule has 1 aromatic heterocycles. The number of nitrogens with one attached hydrogen (secondary N) is 1. The van der Waals surface area contributed by atoms with Crippen molar-refractivity contribution >= 4 is 17.5 Å². The van der Waals surface area contributed by atoms with Gasteiger partial charge in [-0.15, -0.1) is 11.6 Å². The number of nitrogens with zero attached hydrogens (tertiary/aromatic N) is 2. The Bertz CT molecular complexity index is 551. The summed E-state index contributed by atoms with van der Waals surface area (Å²) in [4.78, 5) is 16.2. The summed E-state index contributed by atoms with van der Waals surface area (Å²) >= 11 is 5.82. The van der Waals surface area contributed by atoms with Crippen LogP contribution in [0.4, 0.5) is 0 Å². The van der Waals surface area contributed by atoms with Crippen LogP contribution < -0.4 is 5.32 Å². The van der Waals surface area contributed by atoms with Crippen molar-refractivity contribution < 1.29 is 4.79 Å². The third-order valence-electron chi connectivity index (χ3n) is 2.90. The minimum absolute atomic E-state index is 0.210. The number of benzene rings is 1. The maximum atomic E-state index is 11.9. The largest absolute Gasteiger partial charge is 0.341 e. The second kappa shape index (κ2) is 5.89. The summed E-state index contributed by atoms with van der Waals surface area (Å²) in [5, 5.41) is 2.34. The quantitative estimate of drug-likeness (QED) is 0.872. The average molecular weight is 278 g/mol. The molecule has 0 radical (unpaired) electrons. The summed E-state index contributed by atoms with van der Waals surface area (Å²) in [5.74, 6) is 0.565. The maximum Gasteiger partial charge on any atom is 0.238 e. The van der Waals surface area contributed by atoms with E-state index in [1.807, 2.05) is 48.1 Å². The van der Waals surface area contributed by atoms with Gasteiger partial charge in [-0.05, 0) is 12.5 Å². The van der Waals surface area contributed by atoms with E-state index in [0.717, 1.165) is 11.4 Å². The molecule has 2 rings (SSSR count). The van der Waals surface area contributed by atoms with Crippen molar-refractivity contribution in [2.24, 2.45) is 7.05 Å². The first-order chi connectivity index (χ1) is 9.09. The normalized spacial score (nSPS) is 13.8. The molecule has 0 aliphatic carbocycles. The molecule has 0 saturated carbocycles. The Hall–Kier alpha value is -1.81. The highest BCUT2D eigenvalue weighted by Crippen LogP contribution is 2.20. The molecule has 0 saturated heterocycles. The van der Waals surface area contributed by atoms with Crippen LogP contribution in [0.25, 0.3) is 0 Å². The monoisotopic (exact) mass is 277 g/mol. The molecule has 0 fully saturated rings. The number of aromatic nitrogens is 2. The molecule has 4 nitrogen and oxygen atoms in total. The zero-order valence-electron chi connectivity index (χ0n) is 10.9. The minimum atomic E-state index is -0.577. The van der Waals surface area contributed by atoms with Crippen LogP contribution in [0, 0.1) is 0 Å². The number of alkyl halides is 1. The fraction of sp³-hybridized carbons (Fsp3) is 0.286. The molecule has 2 unspecified atom stereocenters. The summed E-state index contributed by atoms with van der Waals surface area (Å²) in [6.07, 6.45) is 3.56. The fourth-order valence-electron chi connectivity index (χ4n) is 1.85. The van der Waals surface area contributed by atoms with E-state index >= 15 is 0 Å². The number of imidazole rings is 1. The van der Waals surface area contributed by atoms with E-state index in [0.29, 0.717) is 0 Å². The van der Waals surface area contributed by atoms with Crippen LogP contribution in [-0.4, -0.2) is 20.8 Å². The van der Waals surface area contributed by atoms with Crippen LogP contribution in [0.1, 0.15) is 24.4 Å². The molecule has 1 aromatic carbocycles. The lowest BCUT2D eigenvalue weighted by atomic mass is 10.1. The van der Waals surface area contributed by atoms with E-state index in [2.05, 4.69) is 10.3 Å². The summed E-state index contributed by atoms with van der Waals surface area (Å²) < 4.78 is 1.89. The van der Waals surface area contributed by atoms with Crippen molar-refractivity contribution in [1.82, 2.24) is 14.9 Å². The van der Waals surface area contributed by atoms with Crippen molar-refractivity contribution in [3.05, 3.63) is 54.1 Å². The fourth-order valence-corrected chi connectivity index (χ4v) is 1.92. The molecule has 2 atom stereocenters. The van der Waals surface area contributed by atoms with Crippen molar-refractivity contribution in [1.29, 1.82) is 0 Å². The molecule has 0 spiro atoms. The molecular formula is C14H16ClN3O. The number of carbonyl (C=O) groups is 1. The SMILES string of the molecule is CC(Cl)C(=O)NC(c1ccccc1)c1nccn1C. The maximum absolute atomic E-state index is 11.9. The second-order valence-electron chi connectivity index (χ2n) is 4.36. The van der Waals surface area contributed by atoms with Crippen LogP contribution >= 0.6 is 11.6 Å². The van der Waals surface area contributed by atoms with Crippen LogP contribution in [0.3, 0.4) is 0 Å². The number of carbonyl (C=O) groups excluding carboxylic acids is 1. The van der Waals surface area contributed by atoms with Crippen molar-refractivity contribution in [3.8, 4) is 0 Å². The first kappa shape index (κ1) is 13.6. The molecular weight excluding hydrogens is 262 g/mol. The van der Waals surface area contributed by atoms with E-state index in [1.54, 1.807) is 13.1 Å². The number of aryl methyl sites for hydroxylation is 1. The molecule has 1 heterocycles. The lowest BCUT2D eigenvalue weighted by Gasteiger charge is -2.19. The lowest BCUT2D eigenvalue weighted by Crippen LogP contribution is -2.35. The Morgan fingerprint density at radius 3 is 2.58 bits per heavy atom. The average Bonchev–Trinajstić information content (AvgIpc) is 2.82. The first-order valence-electron chi connectivity index (χ1n) is 6.06. The molecule has 0 bridgehead atoms. The van der Waals surface area contributed by atoms with Gasteiger partial charge < -0.3 is 9.88 Å². The number of hydrogen-bond acceptors (Lipinski definition) is 2. The van der Waals surface area contributed by atoms with Gasteiger partial charge in [0.05, 0.1) is 0 Å². The smallest absolute Gasteiger partial charge is 0.238 e. The van der Waals surface area contributed by atoms with Gasteiger partial charge in [-0.2, -0.15) is 0 Å². The minimum Gasteiger partial charge on any atom is -0.341 e. The molecule has 19 heavy (non-hydrogen) atoms. The first-order valence-corrected chi connectivity index (χ1v) is 6.50. The molecule has 100 valence electrons. The summed E-state index contributed by atoms with van der Waals surface area (Å²) in [5.41, 5.74) is 0.975. The summed E-state index contributed by atoms with van der Waals surface area (Å²) in [7, 11) is 1.90. The van der Waals surface area contributed by atoms with Crippen LogP contribution in [-0.2, 0) is 11.8 Å². The van der Waals surface area contributed by atoms with Gasteiger partial charge in [0.25, 0.3) is 0 Å². The molecule has 1 amide bonds. The Kier molecular flexibility index (Phi) is 4.22. The Balaban J connectivity index is 2.35. The number of hydrogen-bond donors (Lipinski definition) is 1. The molecule has 1 N–H and O–H groups in total. The van der Waals surface area contributed by atoms with Crippen LogP contribution in [0.2, 0.25) is 0 Å². The van der Waals surface area contributed by atoms with Crippen molar-refractivity contribution in [2.75, 3.05) is 0 Å². The van der Waals surface area contributed by atoms with Gasteiger partial charge in [0.2, 0.25) is 5.91 Å². The van der Waals surface area contributed by atoms with E-state index in [9.17, 15) is 4.79 Å². The number of amides is 1. The lowest BCUT2D eigenvalue weighted by molar-refractivity contribution is -0.121. The highest BCUT2D eigenvalue weighted by Gasteiger charge is 2.22. The Morgan fingerprint density at radius 1 is 1.37 bits per heavy atom. The molecule has 5 heteroatoms. The van der Waals surface area contributed by atoms with Crippen molar-refractivity contribution in [3.63, 3.8) is 0 Å². The zero-order valence-corrected chi connectivity index (χ0v) is 11.6. The number of rotatable bonds is 4. The van der Waals surface area contributed by atoms with E-state index in [-0.39, 0.29) is 11.9 Å². The van der Waals surface area contributed by atoms with E-state index in [1.165, 1.54) is 0 Å². The zero-order chi connectivity index (χ0) is 13.8. The molecule has 0 aliphatic rings. The molecule has 2 aromatic rings. The predicted molar refractivity (Wildman–Crippen MR) is 75.0 cm³/mol. The van der Waals surface area contributed by atoms with Gasteiger partial charge in [0.15, 0.2) is 0 Å². The topological polar surface area (TPSA) is 46.9 Å². The standard InChI is InChI=1S/C14H16ClN3O/c1-10(15)14(19)17-12(11-6-4-3-5-7-11)13-16-8-9-18(13)2/h3-10,12H,1-2H3,(H,17,19). The van der Waals surface area contributed by atoms with E-state index in [4.69, 9.17) is 11.6 Å². The van der Waals surface area contributed by atoms with Gasteiger partial charge in [-0.3, -0.25) is 4.79 Å². The summed E-state index contributed by atoms with van der Waals surface area (Å²) in [6, 6.07) is 9.42. The third-order valence-corrected chi connectivity index (χ3v) is 3.10. The Labute approximate surface area is 117 Å². The van der Waals surface area contributed by atoms with Gasteiger partial charge >= 0.3 is 0 Å². The van der Waals surface area contributed by atoms with E-state index < -0.39 is 5.38 Å². The predicted octanol–water partition coefficient (Wildman–Crippen LogP) is 2.25. The van der Waals surface area contributed by atoms with Gasteiger partial charge in [-0.1, -0.05) is 30.3 Å². The van der Waals surface area contributed by atoms with Gasteiger partial charge in [-0.25, -0.2) is 4.98 Å². The van der Waals surface area contributed by atoms with Gasteiger partial charge in [0.1, 0.15) is 17.2 Å². The van der Waals surface area contributed by atoms with Gasteiger partial charge in [0, 0.05) is 19.4 Å². The number of halogens is 1. The van der Waals surface area contributed by atoms with Crippen LogP contribution in [0.15, 0.2) is 42.7 Å². The Morgan fingerprint density at radius 2 is 2.05 bits per heavy atom. The third kappa shape index (κ3) is 3.15. The second-order valence-corrected chi connectivity index (χ2v) is 5.02. The summed E-state index contributed by atoms with van der Waals surface area (Å²) in [6.45, 7) is 1.65. The molecule has 0 aliphatic heterocycles. The van der Waals surface area contributed by atoms with Crippen LogP contribution in [0.5, 0.6) is 0 Å². The highest BCUT2D eigenvalue weighted by molar-refractivity contribution is 6.30.